The lowest BCUT2D eigenvalue weighted by molar-refractivity contribution is -0.142. The van der Waals surface area contributed by atoms with Crippen molar-refractivity contribution in [1.29, 1.82) is 0 Å². The second-order valence-electron chi connectivity index (χ2n) is 5.48. The van der Waals surface area contributed by atoms with E-state index >= 15 is 0 Å². The molecule has 2 atom stereocenters. The van der Waals surface area contributed by atoms with Crippen LogP contribution in [0.15, 0.2) is 18.5 Å². The fourth-order valence-electron chi connectivity index (χ4n) is 2.64. The Labute approximate surface area is 123 Å². The van der Waals surface area contributed by atoms with Crippen molar-refractivity contribution in [1.82, 2.24) is 20.0 Å². The van der Waals surface area contributed by atoms with Gasteiger partial charge in [-0.3, -0.25) is 4.68 Å². The lowest BCUT2D eigenvalue weighted by Gasteiger charge is -2.28. The molecule has 0 saturated carbocycles. The van der Waals surface area contributed by atoms with Crippen molar-refractivity contribution in [3.63, 3.8) is 0 Å². The predicted octanol–water partition coefficient (Wildman–Crippen LogP) is 1.31. The number of rotatable bonds is 4. The third-order valence-electron chi connectivity index (χ3n) is 3.69. The third-order valence-corrected chi connectivity index (χ3v) is 3.69. The SMILES string of the molecule is CC(Cn1cccn1)NC(=O)N1CCCCCC1C(=O)O. The zero-order valence-corrected chi connectivity index (χ0v) is 12.2. The molecule has 2 N–H and O–H groups in total. The normalized spacial score (nSPS) is 20.6. The van der Waals surface area contributed by atoms with E-state index in [-0.39, 0.29) is 12.1 Å². The second-order valence-corrected chi connectivity index (χ2v) is 5.48. The number of aliphatic carboxylic acids is 1. The molecule has 0 aromatic carbocycles. The van der Waals surface area contributed by atoms with Crippen LogP contribution in [0.3, 0.4) is 0 Å². The quantitative estimate of drug-likeness (QED) is 0.876. The maximum Gasteiger partial charge on any atom is 0.326 e. The van der Waals surface area contributed by atoms with Gasteiger partial charge in [-0.15, -0.1) is 0 Å². The maximum atomic E-state index is 12.3. The molecular formula is C14H22N4O3. The summed E-state index contributed by atoms with van der Waals surface area (Å²) >= 11 is 0. The highest BCUT2D eigenvalue weighted by Crippen LogP contribution is 2.17. The van der Waals surface area contributed by atoms with Crippen LogP contribution >= 0.6 is 0 Å². The van der Waals surface area contributed by atoms with E-state index in [2.05, 4.69) is 10.4 Å². The van der Waals surface area contributed by atoms with E-state index in [9.17, 15) is 14.7 Å². The first-order valence-electron chi connectivity index (χ1n) is 7.35. The average Bonchev–Trinajstić information content (AvgIpc) is 2.79. The van der Waals surface area contributed by atoms with Gasteiger partial charge in [0.25, 0.3) is 0 Å². The summed E-state index contributed by atoms with van der Waals surface area (Å²) in [6.45, 7) is 2.94. The maximum absolute atomic E-state index is 12.3. The molecule has 1 aromatic rings. The van der Waals surface area contributed by atoms with Crippen molar-refractivity contribution in [2.45, 2.75) is 51.2 Å². The van der Waals surface area contributed by atoms with Gasteiger partial charge < -0.3 is 15.3 Å². The summed E-state index contributed by atoms with van der Waals surface area (Å²) in [4.78, 5) is 25.1. The Morgan fingerprint density at radius 1 is 1.43 bits per heavy atom. The Hall–Kier alpha value is -2.05. The second kappa shape index (κ2) is 7.10. The first-order valence-corrected chi connectivity index (χ1v) is 7.35. The molecule has 1 aliphatic heterocycles. The van der Waals surface area contributed by atoms with Gasteiger partial charge in [0.15, 0.2) is 0 Å². The number of aromatic nitrogens is 2. The third kappa shape index (κ3) is 4.21. The number of carboxylic acids is 1. The van der Waals surface area contributed by atoms with Gasteiger partial charge in [0.1, 0.15) is 6.04 Å². The van der Waals surface area contributed by atoms with Crippen molar-refractivity contribution in [2.75, 3.05) is 6.54 Å². The van der Waals surface area contributed by atoms with Gasteiger partial charge in [0.05, 0.1) is 6.54 Å². The molecule has 2 rings (SSSR count). The average molecular weight is 294 g/mol. The molecule has 7 nitrogen and oxygen atoms in total. The number of carbonyl (C=O) groups excluding carboxylic acids is 1. The molecule has 1 aromatic heterocycles. The van der Waals surface area contributed by atoms with Crippen molar-refractivity contribution >= 4 is 12.0 Å². The number of hydrogen-bond acceptors (Lipinski definition) is 3. The summed E-state index contributed by atoms with van der Waals surface area (Å²) < 4.78 is 1.74. The molecular weight excluding hydrogens is 272 g/mol. The highest BCUT2D eigenvalue weighted by Gasteiger charge is 2.31. The van der Waals surface area contributed by atoms with Crippen LogP contribution in [-0.2, 0) is 11.3 Å². The molecule has 1 saturated heterocycles. The Balaban J connectivity index is 1.94. The molecule has 1 fully saturated rings. The number of urea groups is 1. The smallest absolute Gasteiger partial charge is 0.326 e. The Bertz CT molecular complexity index is 475. The lowest BCUT2D eigenvalue weighted by Crippen LogP contribution is -2.51. The molecule has 0 radical (unpaired) electrons. The van der Waals surface area contributed by atoms with Crippen LogP contribution in [0.2, 0.25) is 0 Å². The van der Waals surface area contributed by atoms with Gasteiger partial charge in [-0.1, -0.05) is 12.8 Å². The van der Waals surface area contributed by atoms with Crippen molar-refractivity contribution < 1.29 is 14.7 Å². The Morgan fingerprint density at radius 3 is 2.90 bits per heavy atom. The highest BCUT2D eigenvalue weighted by atomic mass is 16.4. The molecule has 21 heavy (non-hydrogen) atoms. The lowest BCUT2D eigenvalue weighted by atomic mass is 10.1. The number of amides is 2. The van der Waals surface area contributed by atoms with Crippen LogP contribution in [0, 0.1) is 0 Å². The summed E-state index contributed by atoms with van der Waals surface area (Å²) in [5.41, 5.74) is 0. The van der Waals surface area contributed by atoms with E-state index in [1.165, 1.54) is 4.90 Å². The fourth-order valence-corrected chi connectivity index (χ4v) is 2.64. The van der Waals surface area contributed by atoms with Crippen LogP contribution < -0.4 is 5.32 Å². The molecule has 2 amide bonds. The van der Waals surface area contributed by atoms with Crippen molar-refractivity contribution in [2.24, 2.45) is 0 Å². The summed E-state index contributed by atoms with van der Waals surface area (Å²) in [5.74, 6) is -0.924. The minimum Gasteiger partial charge on any atom is -0.480 e. The van der Waals surface area contributed by atoms with Crippen LogP contribution in [0.4, 0.5) is 4.79 Å². The van der Waals surface area contributed by atoms with E-state index in [0.717, 1.165) is 19.3 Å². The first-order chi connectivity index (χ1) is 10.1. The fraction of sp³-hybridized carbons (Fsp3) is 0.643. The number of nitrogens with zero attached hydrogens (tertiary/aromatic N) is 3. The molecule has 2 unspecified atom stereocenters. The van der Waals surface area contributed by atoms with Gasteiger partial charge >= 0.3 is 12.0 Å². The van der Waals surface area contributed by atoms with E-state index in [0.29, 0.717) is 19.5 Å². The number of likely N-dealkylation sites (tertiary alicyclic amines) is 1. The largest absolute Gasteiger partial charge is 0.480 e. The molecule has 1 aliphatic rings. The molecule has 7 heteroatoms. The van der Waals surface area contributed by atoms with Crippen molar-refractivity contribution in [3.8, 4) is 0 Å². The van der Waals surface area contributed by atoms with Crippen LogP contribution in [0.25, 0.3) is 0 Å². The van der Waals surface area contributed by atoms with Gasteiger partial charge in [0, 0.05) is 25.0 Å². The van der Waals surface area contributed by atoms with Gasteiger partial charge in [-0.2, -0.15) is 5.10 Å². The number of nitrogens with one attached hydrogen (secondary N) is 1. The standard InChI is InChI=1S/C14H22N4O3/c1-11(10-17-8-5-7-15-17)16-14(21)18-9-4-2-3-6-12(18)13(19)20/h5,7-8,11-12H,2-4,6,9-10H2,1H3,(H,16,21)(H,19,20). The van der Waals surface area contributed by atoms with E-state index < -0.39 is 12.0 Å². The number of carboxylic acid groups (broad SMARTS) is 1. The number of carbonyl (C=O) groups is 2. The van der Waals surface area contributed by atoms with Gasteiger partial charge in [-0.25, -0.2) is 9.59 Å². The Kier molecular flexibility index (Phi) is 5.19. The van der Waals surface area contributed by atoms with Gasteiger partial charge in [0.2, 0.25) is 0 Å². The van der Waals surface area contributed by atoms with Crippen LogP contribution in [0.1, 0.15) is 32.6 Å². The summed E-state index contributed by atoms with van der Waals surface area (Å²) in [6.07, 6.45) is 6.71. The molecule has 0 bridgehead atoms. The number of hydrogen-bond donors (Lipinski definition) is 2. The van der Waals surface area contributed by atoms with Crippen LogP contribution in [-0.4, -0.2) is 50.4 Å². The van der Waals surface area contributed by atoms with Crippen LogP contribution in [0.5, 0.6) is 0 Å². The summed E-state index contributed by atoms with van der Waals surface area (Å²) in [6, 6.07) is 0.688. The van der Waals surface area contributed by atoms with E-state index in [1.54, 1.807) is 10.9 Å². The zero-order chi connectivity index (χ0) is 15.2. The zero-order valence-electron chi connectivity index (χ0n) is 12.2. The highest BCUT2D eigenvalue weighted by molar-refractivity contribution is 5.82. The van der Waals surface area contributed by atoms with Gasteiger partial charge in [-0.05, 0) is 25.8 Å². The molecule has 2 heterocycles. The van der Waals surface area contributed by atoms with Crippen molar-refractivity contribution in [3.05, 3.63) is 18.5 Å². The summed E-state index contributed by atoms with van der Waals surface area (Å²) in [7, 11) is 0. The molecule has 0 aliphatic carbocycles. The minimum atomic E-state index is -0.924. The Morgan fingerprint density at radius 2 is 2.24 bits per heavy atom. The molecule has 0 spiro atoms. The molecule has 116 valence electrons. The first kappa shape index (κ1) is 15.3. The van der Waals surface area contributed by atoms with E-state index in [4.69, 9.17) is 0 Å². The predicted molar refractivity (Wildman–Crippen MR) is 76.8 cm³/mol. The minimum absolute atomic E-state index is 0.116. The monoisotopic (exact) mass is 294 g/mol. The van der Waals surface area contributed by atoms with E-state index in [1.807, 2.05) is 19.2 Å². The topological polar surface area (TPSA) is 87.5 Å². The summed E-state index contributed by atoms with van der Waals surface area (Å²) in [5, 5.41) is 16.2.